The first-order valence-corrected chi connectivity index (χ1v) is 12.4. The minimum absolute atomic E-state index is 0.181. The molecule has 1 amide bonds. The highest BCUT2D eigenvalue weighted by molar-refractivity contribution is 7.89. The van der Waals surface area contributed by atoms with E-state index in [0.29, 0.717) is 30.0 Å². The van der Waals surface area contributed by atoms with Crippen LogP contribution in [0.5, 0.6) is 0 Å². The molecular weight excluding hydrogens is 418 g/mol. The summed E-state index contributed by atoms with van der Waals surface area (Å²) >= 11 is 1.49. The van der Waals surface area contributed by atoms with Crippen molar-refractivity contribution >= 4 is 37.5 Å². The number of aryl methyl sites for hydroxylation is 2. The van der Waals surface area contributed by atoms with E-state index in [2.05, 4.69) is 22.5 Å². The van der Waals surface area contributed by atoms with Crippen LogP contribution in [0, 0.1) is 0 Å². The van der Waals surface area contributed by atoms with Gasteiger partial charge in [0, 0.05) is 25.2 Å². The fourth-order valence-electron chi connectivity index (χ4n) is 3.50. The van der Waals surface area contributed by atoms with E-state index in [4.69, 9.17) is 0 Å². The maximum atomic E-state index is 12.8. The van der Waals surface area contributed by atoms with E-state index < -0.39 is 10.0 Å². The third-order valence-electron chi connectivity index (χ3n) is 5.12. The van der Waals surface area contributed by atoms with E-state index in [9.17, 15) is 13.2 Å². The van der Waals surface area contributed by atoms with Crippen LogP contribution in [-0.2, 0) is 23.0 Å². The molecule has 3 aromatic rings. The number of benzene rings is 2. The molecule has 0 spiro atoms. The Labute approximate surface area is 181 Å². The Balaban J connectivity index is 2.00. The fourth-order valence-corrected chi connectivity index (χ4v) is 6.10. The zero-order chi connectivity index (χ0) is 21.9. The number of rotatable bonds is 7. The third-order valence-corrected chi connectivity index (χ3v) is 8.23. The normalized spacial score (nSPS) is 12.8. The van der Waals surface area contributed by atoms with Crippen molar-refractivity contribution in [1.29, 1.82) is 0 Å². The van der Waals surface area contributed by atoms with Crippen molar-refractivity contribution in [1.82, 2.24) is 8.87 Å². The SMILES string of the molecule is CCc1cccc2sc(=NC(=O)c3ccc(S(=O)(=O)N(CC)CC)cc3)n(CC)c12. The smallest absolute Gasteiger partial charge is 0.279 e. The Hall–Kier alpha value is -2.29. The molecule has 0 saturated heterocycles. The highest BCUT2D eigenvalue weighted by atomic mass is 32.2. The molecule has 8 heteroatoms. The van der Waals surface area contributed by atoms with Crippen molar-refractivity contribution in [3.05, 3.63) is 58.4 Å². The van der Waals surface area contributed by atoms with E-state index in [0.717, 1.165) is 16.6 Å². The van der Waals surface area contributed by atoms with Gasteiger partial charge in [-0.2, -0.15) is 9.30 Å². The number of nitrogens with zero attached hydrogens (tertiary/aromatic N) is 3. The first-order chi connectivity index (χ1) is 14.4. The monoisotopic (exact) mass is 445 g/mol. The van der Waals surface area contributed by atoms with Gasteiger partial charge in [0.05, 0.1) is 15.1 Å². The van der Waals surface area contributed by atoms with E-state index in [1.54, 1.807) is 13.8 Å². The molecule has 1 aromatic heterocycles. The van der Waals surface area contributed by atoms with Gasteiger partial charge in [0.15, 0.2) is 4.80 Å². The van der Waals surface area contributed by atoms with Gasteiger partial charge in [-0.3, -0.25) is 4.79 Å². The minimum Gasteiger partial charge on any atom is -0.316 e. The summed E-state index contributed by atoms with van der Waals surface area (Å²) in [6.07, 6.45) is 0.907. The van der Waals surface area contributed by atoms with Gasteiger partial charge in [0.2, 0.25) is 10.0 Å². The van der Waals surface area contributed by atoms with Gasteiger partial charge in [-0.1, -0.05) is 44.2 Å². The number of carbonyl (C=O) groups is 1. The van der Waals surface area contributed by atoms with Crippen molar-refractivity contribution in [2.24, 2.45) is 4.99 Å². The van der Waals surface area contributed by atoms with Gasteiger partial charge >= 0.3 is 0 Å². The highest BCUT2D eigenvalue weighted by Gasteiger charge is 2.21. The lowest BCUT2D eigenvalue weighted by molar-refractivity contribution is 0.0997. The average Bonchev–Trinajstić information content (AvgIpc) is 3.11. The Morgan fingerprint density at radius 1 is 1.03 bits per heavy atom. The molecule has 0 saturated carbocycles. The zero-order valence-corrected chi connectivity index (χ0v) is 19.4. The molecule has 0 aliphatic carbocycles. The molecule has 1 heterocycles. The number of fused-ring (bicyclic) bond motifs is 1. The molecule has 0 aliphatic heterocycles. The number of sulfonamides is 1. The lowest BCUT2D eigenvalue weighted by atomic mass is 10.1. The van der Waals surface area contributed by atoms with Crippen LogP contribution in [0.3, 0.4) is 0 Å². The topological polar surface area (TPSA) is 71.7 Å². The molecular formula is C22H27N3O3S2. The van der Waals surface area contributed by atoms with Gasteiger partial charge in [-0.25, -0.2) is 8.42 Å². The van der Waals surface area contributed by atoms with Crippen molar-refractivity contribution < 1.29 is 13.2 Å². The number of carbonyl (C=O) groups excluding carboxylic acids is 1. The third kappa shape index (κ3) is 4.12. The number of aromatic nitrogens is 1. The van der Waals surface area contributed by atoms with Crippen molar-refractivity contribution in [3.63, 3.8) is 0 Å². The lowest BCUT2D eigenvalue weighted by Gasteiger charge is -2.18. The average molecular weight is 446 g/mol. The van der Waals surface area contributed by atoms with Gasteiger partial charge in [0.1, 0.15) is 0 Å². The van der Waals surface area contributed by atoms with E-state index in [1.807, 2.05) is 19.1 Å². The van der Waals surface area contributed by atoms with Crippen LogP contribution < -0.4 is 4.80 Å². The van der Waals surface area contributed by atoms with E-state index in [1.165, 1.54) is 45.5 Å². The van der Waals surface area contributed by atoms with E-state index >= 15 is 0 Å². The number of thiazole rings is 1. The molecule has 0 unspecified atom stereocenters. The Bertz CT molecular complexity index is 1220. The fraction of sp³-hybridized carbons (Fsp3) is 0.364. The molecule has 6 nitrogen and oxygen atoms in total. The standard InChI is InChI=1S/C22H27N3O3S2/c1-5-16-10-9-11-19-20(16)25(8-4)22(29-19)23-21(26)17-12-14-18(15-13-17)30(27,28)24(6-2)7-3/h9-15H,5-8H2,1-4H3. The quantitative estimate of drug-likeness (QED) is 0.551. The highest BCUT2D eigenvalue weighted by Crippen LogP contribution is 2.22. The van der Waals surface area contributed by atoms with Crippen LogP contribution in [0.4, 0.5) is 0 Å². The molecule has 3 rings (SSSR count). The summed E-state index contributed by atoms with van der Waals surface area (Å²) < 4.78 is 29.8. The van der Waals surface area contributed by atoms with Crippen molar-refractivity contribution in [2.75, 3.05) is 13.1 Å². The Kier molecular flexibility index (Phi) is 6.90. The number of hydrogen-bond acceptors (Lipinski definition) is 4. The first kappa shape index (κ1) is 22.4. The van der Waals surface area contributed by atoms with Crippen LogP contribution in [0.15, 0.2) is 52.4 Å². The zero-order valence-electron chi connectivity index (χ0n) is 17.8. The molecule has 0 N–H and O–H groups in total. The van der Waals surface area contributed by atoms with Crippen LogP contribution >= 0.6 is 11.3 Å². The second kappa shape index (κ2) is 9.24. The first-order valence-electron chi connectivity index (χ1n) is 10.2. The summed E-state index contributed by atoms with van der Waals surface area (Å²) in [4.78, 5) is 18.0. The van der Waals surface area contributed by atoms with Crippen molar-refractivity contribution in [3.8, 4) is 0 Å². The number of amides is 1. The van der Waals surface area contributed by atoms with Gasteiger partial charge in [-0.05, 0) is 49.2 Å². The Morgan fingerprint density at radius 2 is 1.70 bits per heavy atom. The summed E-state index contributed by atoms with van der Waals surface area (Å²) in [6.45, 7) is 9.27. The molecule has 0 atom stereocenters. The lowest BCUT2D eigenvalue weighted by Crippen LogP contribution is -2.30. The van der Waals surface area contributed by atoms with Gasteiger partial charge in [-0.15, -0.1) is 0 Å². The molecule has 0 radical (unpaired) electrons. The Morgan fingerprint density at radius 3 is 2.27 bits per heavy atom. The molecule has 0 bridgehead atoms. The maximum absolute atomic E-state index is 12.8. The summed E-state index contributed by atoms with van der Waals surface area (Å²) in [5.41, 5.74) is 2.72. The van der Waals surface area contributed by atoms with Crippen LogP contribution in [-0.4, -0.2) is 36.3 Å². The summed E-state index contributed by atoms with van der Waals surface area (Å²) in [5.74, 6) is -0.381. The van der Waals surface area contributed by atoms with Crippen LogP contribution in [0.2, 0.25) is 0 Å². The van der Waals surface area contributed by atoms with Gasteiger partial charge < -0.3 is 4.57 Å². The second-order valence-electron chi connectivity index (χ2n) is 6.78. The van der Waals surface area contributed by atoms with Crippen LogP contribution in [0.25, 0.3) is 10.2 Å². The van der Waals surface area contributed by atoms with Crippen LogP contribution in [0.1, 0.15) is 43.6 Å². The van der Waals surface area contributed by atoms with Crippen molar-refractivity contribution in [2.45, 2.75) is 45.6 Å². The summed E-state index contributed by atoms with van der Waals surface area (Å²) in [5, 5.41) is 0. The molecule has 30 heavy (non-hydrogen) atoms. The van der Waals surface area contributed by atoms with E-state index in [-0.39, 0.29) is 10.8 Å². The molecule has 0 fully saturated rings. The largest absolute Gasteiger partial charge is 0.316 e. The maximum Gasteiger partial charge on any atom is 0.279 e. The predicted octanol–water partition coefficient (Wildman–Crippen LogP) is 4.06. The van der Waals surface area contributed by atoms with Gasteiger partial charge in [0.25, 0.3) is 5.91 Å². The second-order valence-corrected chi connectivity index (χ2v) is 9.72. The molecule has 0 aliphatic rings. The number of hydrogen-bond donors (Lipinski definition) is 0. The summed E-state index contributed by atoms with van der Waals surface area (Å²) in [7, 11) is -3.55. The molecule has 2 aromatic carbocycles. The number of para-hydroxylation sites is 1. The predicted molar refractivity (Wildman–Crippen MR) is 121 cm³/mol. The molecule has 160 valence electrons. The summed E-state index contributed by atoms with van der Waals surface area (Å²) in [6, 6.07) is 12.2. The minimum atomic E-state index is -3.55.